The third-order valence-electron chi connectivity index (χ3n) is 3.37. The summed E-state index contributed by atoms with van der Waals surface area (Å²) in [6.45, 7) is 2.78. The normalized spacial score (nSPS) is 37.2. The van der Waals surface area contributed by atoms with Gasteiger partial charge in [0.2, 0.25) is 0 Å². The Morgan fingerprint density at radius 2 is 2.31 bits per heavy atom. The van der Waals surface area contributed by atoms with E-state index >= 15 is 0 Å². The average molecular weight is 183 g/mol. The zero-order valence-electron chi connectivity index (χ0n) is 8.08. The molecule has 0 radical (unpaired) electrons. The standard InChI is InChI=1S/C10H17NO2/c1-2-13-9(12)10(6-11)5-8(10)7-3-4-7/h7-8H,2-6,11H2,1H3/t8-,10-/m1/s1. The van der Waals surface area contributed by atoms with Gasteiger partial charge in [-0.1, -0.05) is 0 Å². The molecule has 0 aromatic rings. The smallest absolute Gasteiger partial charge is 0.313 e. The van der Waals surface area contributed by atoms with Crippen LogP contribution < -0.4 is 5.73 Å². The molecule has 0 spiro atoms. The van der Waals surface area contributed by atoms with Crippen LogP contribution in [-0.4, -0.2) is 19.1 Å². The third kappa shape index (κ3) is 1.35. The highest BCUT2D eigenvalue weighted by atomic mass is 16.5. The van der Waals surface area contributed by atoms with E-state index < -0.39 is 0 Å². The van der Waals surface area contributed by atoms with E-state index in [9.17, 15) is 4.79 Å². The largest absolute Gasteiger partial charge is 0.466 e. The van der Waals surface area contributed by atoms with Crippen LogP contribution in [0.4, 0.5) is 0 Å². The minimum Gasteiger partial charge on any atom is -0.466 e. The lowest BCUT2D eigenvalue weighted by molar-refractivity contribution is -0.150. The van der Waals surface area contributed by atoms with Crippen molar-refractivity contribution in [2.24, 2.45) is 23.0 Å². The van der Waals surface area contributed by atoms with Gasteiger partial charge in [-0.05, 0) is 38.0 Å². The molecule has 2 aliphatic rings. The first-order chi connectivity index (χ1) is 6.24. The van der Waals surface area contributed by atoms with Gasteiger partial charge in [-0.25, -0.2) is 0 Å². The Balaban J connectivity index is 1.97. The Hall–Kier alpha value is -0.570. The first kappa shape index (κ1) is 9.00. The fraction of sp³-hybridized carbons (Fsp3) is 0.900. The highest BCUT2D eigenvalue weighted by Crippen LogP contribution is 2.62. The molecule has 0 aliphatic heterocycles. The van der Waals surface area contributed by atoms with Crippen molar-refractivity contribution in [1.82, 2.24) is 0 Å². The van der Waals surface area contributed by atoms with Crippen LogP contribution in [0.15, 0.2) is 0 Å². The van der Waals surface area contributed by atoms with Gasteiger partial charge in [0.15, 0.2) is 0 Å². The van der Waals surface area contributed by atoms with E-state index in [1.165, 1.54) is 12.8 Å². The topological polar surface area (TPSA) is 52.3 Å². The maximum absolute atomic E-state index is 11.6. The predicted octanol–water partition coefficient (Wildman–Crippen LogP) is 0.924. The van der Waals surface area contributed by atoms with Gasteiger partial charge in [-0.3, -0.25) is 4.79 Å². The molecule has 2 aliphatic carbocycles. The predicted molar refractivity (Wildman–Crippen MR) is 49.0 cm³/mol. The molecule has 0 aromatic carbocycles. The maximum Gasteiger partial charge on any atom is 0.313 e. The summed E-state index contributed by atoms with van der Waals surface area (Å²) in [6.07, 6.45) is 3.53. The fourth-order valence-electron chi connectivity index (χ4n) is 2.28. The summed E-state index contributed by atoms with van der Waals surface area (Å²) >= 11 is 0. The Labute approximate surface area is 78.6 Å². The van der Waals surface area contributed by atoms with E-state index in [-0.39, 0.29) is 11.4 Å². The number of esters is 1. The summed E-state index contributed by atoms with van der Waals surface area (Å²) in [5.41, 5.74) is 5.37. The number of hydrogen-bond acceptors (Lipinski definition) is 3. The molecule has 2 saturated carbocycles. The van der Waals surface area contributed by atoms with Crippen LogP contribution in [0.5, 0.6) is 0 Å². The van der Waals surface area contributed by atoms with Gasteiger partial charge >= 0.3 is 5.97 Å². The fourth-order valence-corrected chi connectivity index (χ4v) is 2.28. The lowest BCUT2D eigenvalue weighted by atomic mass is 10.0. The zero-order chi connectivity index (χ0) is 9.47. The average Bonchev–Trinajstić information content (AvgIpc) is 2.99. The Morgan fingerprint density at radius 3 is 2.77 bits per heavy atom. The summed E-state index contributed by atoms with van der Waals surface area (Å²) in [7, 11) is 0. The zero-order valence-corrected chi connectivity index (χ0v) is 8.08. The molecule has 2 N–H and O–H groups in total. The minimum atomic E-state index is -0.281. The van der Waals surface area contributed by atoms with Gasteiger partial charge in [0, 0.05) is 6.54 Å². The van der Waals surface area contributed by atoms with Crippen molar-refractivity contribution in [2.45, 2.75) is 26.2 Å². The van der Waals surface area contributed by atoms with E-state index in [4.69, 9.17) is 10.5 Å². The van der Waals surface area contributed by atoms with Crippen LogP contribution in [0, 0.1) is 17.3 Å². The number of ether oxygens (including phenoxy) is 1. The van der Waals surface area contributed by atoms with E-state index in [0.717, 1.165) is 12.3 Å². The van der Waals surface area contributed by atoms with Crippen molar-refractivity contribution in [3.05, 3.63) is 0 Å². The summed E-state index contributed by atoms with van der Waals surface area (Å²) in [5, 5.41) is 0. The molecule has 3 nitrogen and oxygen atoms in total. The van der Waals surface area contributed by atoms with Gasteiger partial charge in [0.05, 0.1) is 12.0 Å². The first-order valence-corrected chi connectivity index (χ1v) is 5.12. The van der Waals surface area contributed by atoms with Crippen LogP contribution >= 0.6 is 0 Å². The highest BCUT2D eigenvalue weighted by molar-refractivity contribution is 5.81. The number of rotatable bonds is 4. The molecule has 2 fully saturated rings. The van der Waals surface area contributed by atoms with Crippen molar-refractivity contribution in [3.63, 3.8) is 0 Å². The molecule has 3 heteroatoms. The summed E-state index contributed by atoms with van der Waals surface area (Å²) in [5.74, 6) is 1.25. The van der Waals surface area contributed by atoms with Crippen molar-refractivity contribution in [1.29, 1.82) is 0 Å². The van der Waals surface area contributed by atoms with E-state index in [1.807, 2.05) is 6.92 Å². The first-order valence-electron chi connectivity index (χ1n) is 5.12. The monoisotopic (exact) mass is 183 g/mol. The molecule has 2 rings (SSSR count). The lowest BCUT2D eigenvalue weighted by Crippen LogP contribution is -2.29. The molecule has 0 bridgehead atoms. The molecular formula is C10H17NO2. The quantitative estimate of drug-likeness (QED) is 0.659. The Morgan fingerprint density at radius 1 is 1.62 bits per heavy atom. The molecule has 0 aromatic heterocycles. The molecule has 0 amide bonds. The van der Waals surface area contributed by atoms with E-state index in [0.29, 0.717) is 19.1 Å². The van der Waals surface area contributed by atoms with Gasteiger partial charge in [0.1, 0.15) is 0 Å². The molecule has 74 valence electrons. The summed E-state index contributed by atoms with van der Waals surface area (Å²) < 4.78 is 5.05. The van der Waals surface area contributed by atoms with Gasteiger partial charge in [-0.15, -0.1) is 0 Å². The lowest BCUT2D eigenvalue weighted by Gasteiger charge is -2.12. The second-order valence-electron chi connectivity index (χ2n) is 4.23. The molecule has 2 atom stereocenters. The third-order valence-corrected chi connectivity index (χ3v) is 3.37. The van der Waals surface area contributed by atoms with E-state index in [2.05, 4.69) is 0 Å². The molecular weight excluding hydrogens is 166 g/mol. The molecule has 0 unspecified atom stereocenters. The number of carbonyl (C=O) groups is 1. The van der Waals surface area contributed by atoms with Crippen LogP contribution in [0.1, 0.15) is 26.2 Å². The molecule has 13 heavy (non-hydrogen) atoms. The summed E-state index contributed by atoms with van der Waals surface area (Å²) in [6, 6.07) is 0. The van der Waals surface area contributed by atoms with Crippen LogP contribution in [0.25, 0.3) is 0 Å². The maximum atomic E-state index is 11.6. The number of hydrogen-bond donors (Lipinski definition) is 1. The van der Waals surface area contributed by atoms with Crippen molar-refractivity contribution < 1.29 is 9.53 Å². The summed E-state index contributed by atoms with van der Waals surface area (Å²) in [4.78, 5) is 11.6. The molecule has 0 saturated heterocycles. The van der Waals surface area contributed by atoms with Crippen LogP contribution in [0.3, 0.4) is 0 Å². The molecule has 0 heterocycles. The minimum absolute atomic E-state index is 0.0607. The van der Waals surface area contributed by atoms with Gasteiger partial charge < -0.3 is 10.5 Å². The van der Waals surface area contributed by atoms with Crippen molar-refractivity contribution in [3.8, 4) is 0 Å². The van der Waals surface area contributed by atoms with Crippen LogP contribution in [-0.2, 0) is 9.53 Å². The number of carbonyl (C=O) groups excluding carboxylic acids is 1. The van der Waals surface area contributed by atoms with Crippen molar-refractivity contribution in [2.75, 3.05) is 13.2 Å². The van der Waals surface area contributed by atoms with E-state index in [1.54, 1.807) is 0 Å². The van der Waals surface area contributed by atoms with Gasteiger partial charge in [0.25, 0.3) is 0 Å². The van der Waals surface area contributed by atoms with Gasteiger partial charge in [-0.2, -0.15) is 0 Å². The Bertz CT molecular complexity index is 225. The highest BCUT2D eigenvalue weighted by Gasteiger charge is 2.64. The SMILES string of the molecule is CCOC(=O)[C@@]1(CN)C[C@@H]1C1CC1. The second-order valence-corrected chi connectivity index (χ2v) is 4.23. The van der Waals surface area contributed by atoms with Crippen LogP contribution in [0.2, 0.25) is 0 Å². The van der Waals surface area contributed by atoms with Crippen molar-refractivity contribution >= 4 is 5.97 Å². The second kappa shape index (κ2) is 2.98. The number of nitrogens with two attached hydrogens (primary N) is 1. The Kier molecular flexibility index (Phi) is 2.06.